The number of fused-ring (bicyclic) bond motifs is 1. The lowest BCUT2D eigenvalue weighted by molar-refractivity contribution is 0.562. The molecule has 0 unspecified atom stereocenters. The van der Waals surface area contributed by atoms with Crippen molar-refractivity contribution >= 4 is 17.2 Å². The van der Waals surface area contributed by atoms with Crippen LogP contribution in [0.3, 0.4) is 0 Å². The summed E-state index contributed by atoms with van der Waals surface area (Å²) in [4.78, 5) is 10.8. The van der Waals surface area contributed by atoms with Crippen molar-refractivity contribution in [3.8, 4) is 0 Å². The molecule has 0 aliphatic carbocycles. The Labute approximate surface area is 93.5 Å². The molecule has 1 aliphatic heterocycles. The van der Waals surface area contributed by atoms with E-state index >= 15 is 0 Å². The number of anilines is 1. The zero-order valence-electron chi connectivity index (χ0n) is 9.02. The molecule has 1 N–H and O–H groups in total. The second kappa shape index (κ2) is 4.09. The van der Waals surface area contributed by atoms with Gasteiger partial charge in [-0.1, -0.05) is 0 Å². The standard InChI is InChI=1S/C11H14N4O/c1-3-9-10(13-5-1)16-11(14-9)15-7-2-4-12-6-8-15/h1,3,5,12H,2,4,6-8H2. The quantitative estimate of drug-likeness (QED) is 0.774. The van der Waals surface area contributed by atoms with Gasteiger partial charge in [-0.3, -0.25) is 0 Å². The van der Waals surface area contributed by atoms with E-state index in [1.54, 1.807) is 6.20 Å². The van der Waals surface area contributed by atoms with Crippen molar-refractivity contribution in [2.24, 2.45) is 0 Å². The Morgan fingerprint density at radius 1 is 1.31 bits per heavy atom. The van der Waals surface area contributed by atoms with Crippen LogP contribution in [-0.4, -0.2) is 36.1 Å². The first kappa shape index (κ1) is 9.59. The van der Waals surface area contributed by atoms with Gasteiger partial charge in [0, 0.05) is 25.8 Å². The van der Waals surface area contributed by atoms with Crippen molar-refractivity contribution < 1.29 is 4.42 Å². The molecule has 3 heterocycles. The number of hydrogen-bond acceptors (Lipinski definition) is 5. The molecule has 3 rings (SSSR count). The topological polar surface area (TPSA) is 54.2 Å². The monoisotopic (exact) mass is 218 g/mol. The van der Waals surface area contributed by atoms with E-state index < -0.39 is 0 Å². The van der Waals surface area contributed by atoms with E-state index in [9.17, 15) is 0 Å². The number of nitrogens with zero attached hydrogens (tertiary/aromatic N) is 3. The summed E-state index contributed by atoms with van der Waals surface area (Å²) in [5.74, 6) is 0. The molecule has 1 fully saturated rings. The number of hydrogen-bond donors (Lipinski definition) is 1. The third-order valence-corrected chi connectivity index (χ3v) is 2.77. The van der Waals surface area contributed by atoms with Gasteiger partial charge in [0.1, 0.15) is 5.52 Å². The average Bonchev–Trinajstić information content (AvgIpc) is 2.56. The highest BCUT2D eigenvalue weighted by Crippen LogP contribution is 2.20. The van der Waals surface area contributed by atoms with Crippen LogP contribution in [0.1, 0.15) is 6.42 Å². The van der Waals surface area contributed by atoms with Gasteiger partial charge in [0.15, 0.2) is 0 Å². The summed E-state index contributed by atoms with van der Waals surface area (Å²) in [6.45, 7) is 3.97. The van der Waals surface area contributed by atoms with Crippen molar-refractivity contribution in [1.82, 2.24) is 15.3 Å². The van der Waals surface area contributed by atoms with Gasteiger partial charge in [0.25, 0.3) is 6.01 Å². The van der Waals surface area contributed by atoms with E-state index in [-0.39, 0.29) is 0 Å². The molecule has 0 amide bonds. The van der Waals surface area contributed by atoms with Crippen LogP contribution in [0.2, 0.25) is 0 Å². The minimum atomic E-state index is 0.620. The van der Waals surface area contributed by atoms with E-state index in [4.69, 9.17) is 4.42 Å². The number of nitrogens with one attached hydrogen (secondary N) is 1. The first-order valence-electron chi connectivity index (χ1n) is 5.61. The van der Waals surface area contributed by atoms with E-state index in [0.717, 1.165) is 38.1 Å². The normalized spacial score (nSPS) is 17.6. The average molecular weight is 218 g/mol. The van der Waals surface area contributed by atoms with Crippen molar-refractivity contribution in [3.63, 3.8) is 0 Å². The van der Waals surface area contributed by atoms with E-state index in [1.165, 1.54) is 0 Å². The van der Waals surface area contributed by atoms with E-state index in [0.29, 0.717) is 11.7 Å². The predicted octanol–water partition coefficient (Wildman–Crippen LogP) is 1.02. The Bertz CT molecular complexity index is 441. The lowest BCUT2D eigenvalue weighted by Crippen LogP contribution is -2.27. The van der Waals surface area contributed by atoms with E-state index in [2.05, 4.69) is 20.2 Å². The minimum absolute atomic E-state index is 0.620. The van der Waals surface area contributed by atoms with Gasteiger partial charge in [-0.25, -0.2) is 4.98 Å². The molecule has 2 aromatic rings. The lowest BCUT2D eigenvalue weighted by Gasteiger charge is -2.16. The van der Waals surface area contributed by atoms with Gasteiger partial charge in [0.2, 0.25) is 5.71 Å². The molecule has 84 valence electrons. The fourth-order valence-corrected chi connectivity index (χ4v) is 1.93. The van der Waals surface area contributed by atoms with Crippen LogP contribution in [0, 0.1) is 0 Å². The highest BCUT2D eigenvalue weighted by atomic mass is 16.4. The molecule has 5 nitrogen and oxygen atoms in total. The van der Waals surface area contributed by atoms with E-state index in [1.807, 2.05) is 12.1 Å². The van der Waals surface area contributed by atoms with Gasteiger partial charge >= 0.3 is 0 Å². The van der Waals surface area contributed by atoms with Crippen LogP contribution in [-0.2, 0) is 0 Å². The minimum Gasteiger partial charge on any atom is -0.404 e. The van der Waals surface area contributed by atoms with Crippen LogP contribution in [0.4, 0.5) is 6.01 Å². The Hall–Kier alpha value is -1.62. The summed E-state index contributed by atoms with van der Waals surface area (Å²) < 4.78 is 5.64. The Morgan fingerprint density at radius 2 is 2.31 bits per heavy atom. The van der Waals surface area contributed by atoms with Crippen molar-refractivity contribution in [2.45, 2.75) is 6.42 Å². The van der Waals surface area contributed by atoms with Crippen LogP contribution in [0.15, 0.2) is 22.7 Å². The molecular weight excluding hydrogens is 204 g/mol. The third kappa shape index (κ3) is 1.74. The van der Waals surface area contributed by atoms with Gasteiger partial charge in [-0.05, 0) is 25.1 Å². The molecule has 0 saturated carbocycles. The molecule has 1 aliphatic rings. The zero-order chi connectivity index (χ0) is 10.8. The Morgan fingerprint density at radius 3 is 3.25 bits per heavy atom. The third-order valence-electron chi connectivity index (χ3n) is 2.77. The molecular formula is C11H14N4O. The summed E-state index contributed by atoms with van der Waals surface area (Å²) in [6.07, 6.45) is 2.84. The summed E-state index contributed by atoms with van der Waals surface area (Å²) in [6, 6.07) is 4.49. The van der Waals surface area contributed by atoms with Crippen LogP contribution in [0.5, 0.6) is 0 Å². The van der Waals surface area contributed by atoms with Crippen molar-refractivity contribution in [3.05, 3.63) is 18.3 Å². The molecule has 16 heavy (non-hydrogen) atoms. The first-order valence-corrected chi connectivity index (χ1v) is 5.61. The SMILES string of the molecule is c1cnc2oc(N3CCCNCC3)nc2c1. The van der Waals surface area contributed by atoms with Gasteiger partial charge in [-0.2, -0.15) is 4.98 Å². The maximum Gasteiger partial charge on any atom is 0.299 e. The Balaban J connectivity index is 1.92. The summed E-state index contributed by atoms with van der Waals surface area (Å²) >= 11 is 0. The predicted molar refractivity (Wildman–Crippen MR) is 61.5 cm³/mol. The smallest absolute Gasteiger partial charge is 0.299 e. The number of pyridine rings is 1. The molecule has 0 spiro atoms. The fraction of sp³-hybridized carbons (Fsp3) is 0.455. The molecule has 0 aromatic carbocycles. The van der Waals surface area contributed by atoms with Gasteiger partial charge < -0.3 is 14.6 Å². The van der Waals surface area contributed by atoms with Gasteiger partial charge in [-0.15, -0.1) is 0 Å². The van der Waals surface area contributed by atoms with Crippen LogP contribution < -0.4 is 10.2 Å². The Kier molecular flexibility index (Phi) is 2.46. The molecule has 1 saturated heterocycles. The van der Waals surface area contributed by atoms with Crippen molar-refractivity contribution in [1.29, 1.82) is 0 Å². The summed E-state index contributed by atoms with van der Waals surface area (Å²) in [5.41, 5.74) is 1.45. The maximum absolute atomic E-state index is 5.64. The van der Waals surface area contributed by atoms with Gasteiger partial charge in [0.05, 0.1) is 0 Å². The summed E-state index contributed by atoms with van der Waals surface area (Å²) in [5, 5.41) is 3.35. The first-order chi connectivity index (χ1) is 7.93. The number of aromatic nitrogens is 2. The highest BCUT2D eigenvalue weighted by Gasteiger charge is 2.15. The maximum atomic E-state index is 5.64. The molecule has 0 atom stereocenters. The number of rotatable bonds is 1. The van der Waals surface area contributed by atoms with Crippen LogP contribution >= 0.6 is 0 Å². The van der Waals surface area contributed by atoms with Crippen molar-refractivity contribution in [2.75, 3.05) is 31.1 Å². The molecule has 5 heteroatoms. The largest absolute Gasteiger partial charge is 0.404 e. The fourth-order valence-electron chi connectivity index (χ4n) is 1.93. The molecule has 0 bridgehead atoms. The highest BCUT2D eigenvalue weighted by molar-refractivity contribution is 5.69. The second-order valence-electron chi connectivity index (χ2n) is 3.91. The van der Waals surface area contributed by atoms with Crippen LogP contribution in [0.25, 0.3) is 11.2 Å². The molecule has 2 aromatic heterocycles. The molecule has 0 radical (unpaired) electrons. The number of oxazole rings is 1. The zero-order valence-corrected chi connectivity index (χ0v) is 9.02. The second-order valence-corrected chi connectivity index (χ2v) is 3.91. The summed E-state index contributed by atoms with van der Waals surface area (Å²) in [7, 11) is 0. The lowest BCUT2D eigenvalue weighted by atomic mass is 10.4.